The van der Waals surface area contributed by atoms with Crippen LogP contribution in [0.3, 0.4) is 0 Å². The number of halogens is 1. The second kappa shape index (κ2) is 10.3. The van der Waals surface area contributed by atoms with E-state index in [2.05, 4.69) is 19.2 Å². The third-order valence-corrected chi connectivity index (χ3v) is 2.59. The number of rotatable bonds is 9. The Morgan fingerprint density at radius 1 is 1.20 bits per heavy atom. The van der Waals surface area contributed by atoms with Gasteiger partial charge in [0, 0.05) is 18.8 Å². The standard InChI is InChI=1S/C12H24ClNO/c1-11(2)7-4-6-10-14-12(15)8-3-5-9-13/h11H,3-10H2,1-2H3,(H,14,15). The number of hydrogen-bond acceptors (Lipinski definition) is 1. The predicted octanol–water partition coefficient (Wildman–Crippen LogP) is 3.34. The molecule has 1 N–H and O–H groups in total. The lowest BCUT2D eigenvalue weighted by Gasteiger charge is -2.06. The van der Waals surface area contributed by atoms with E-state index in [0.29, 0.717) is 12.3 Å². The molecule has 0 aliphatic carbocycles. The van der Waals surface area contributed by atoms with E-state index in [9.17, 15) is 4.79 Å². The Balaban J connectivity index is 3.17. The summed E-state index contributed by atoms with van der Waals surface area (Å²) in [4.78, 5) is 11.3. The Kier molecular flexibility index (Phi) is 10.1. The van der Waals surface area contributed by atoms with Gasteiger partial charge >= 0.3 is 0 Å². The molecular weight excluding hydrogens is 210 g/mol. The van der Waals surface area contributed by atoms with Crippen molar-refractivity contribution in [3.05, 3.63) is 0 Å². The van der Waals surface area contributed by atoms with E-state index in [1.54, 1.807) is 0 Å². The Morgan fingerprint density at radius 3 is 2.53 bits per heavy atom. The van der Waals surface area contributed by atoms with Crippen LogP contribution in [0, 0.1) is 5.92 Å². The summed E-state index contributed by atoms with van der Waals surface area (Å²) in [6.07, 6.45) is 6.02. The van der Waals surface area contributed by atoms with Gasteiger partial charge in [0.05, 0.1) is 0 Å². The zero-order valence-corrected chi connectivity index (χ0v) is 10.8. The molecule has 90 valence electrons. The summed E-state index contributed by atoms with van der Waals surface area (Å²) in [6.45, 7) is 5.28. The molecule has 0 unspecified atom stereocenters. The van der Waals surface area contributed by atoms with Crippen molar-refractivity contribution in [2.24, 2.45) is 5.92 Å². The summed E-state index contributed by atoms with van der Waals surface area (Å²) in [7, 11) is 0. The molecule has 0 aliphatic heterocycles. The summed E-state index contributed by atoms with van der Waals surface area (Å²) in [5, 5.41) is 2.93. The van der Waals surface area contributed by atoms with Gasteiger partial charge < -0.3 is 5.32 Å². The SMILES string of the molecule is CC(C)CCCCNC(=O)CCCCCl. The van der Waals surface area contributed by atoms with Gasteiger partial charge in [-0.05, 0) is 25.2 Å². The number of amides is 1. The first-order valence-corrected chi connectivity index (χ1v) is 6.53. The van der Waals surface area contributed by atoms with Crippen molar-refractivity contribution < 1.29 is 4.79 Å². The number of carbonyl (C=O) groups is 1. The second-order valence-electron chi connectivity index (χ2n) is 4.39. The van der Waals surface area contributed by atoms with E-state index in [4.69, 9.17) is 11.6 Å². The molecule has 0 spiro atoms. The predicted molar refractivity (Wildman–Crippen MR) is 66.3 cm³/mol. The van der Waals surface area contributed by atoms with E-state index >= 15 is 0 Å². The fourth-order valence-corrected chi connectivity index (χ4v) is 1.56. The molecule has 0 heterocycles. The van der Waals surface area contributed by atoms with Crippen LogP contribution >= 0.6 is 11.6 Å². The Morgan fingerprint density at radius 2 is 1.93 bits per heavy atom. The van der Waals surface area contributed by atoms with Crippen LogP contribution < -0.4 is 5.32 Å². The van der Waals surface area contributed by atoms with Gasteiger partial charge in [0.1, 0.15) is 0 Å². The number of unbranched alkanes of at least 4 members (excludes halogenated alkanes) is 2. The van der Waals surface area contributed by atoms with Crippen LogP contribution in [-0.4, -0.2) is 18.3 Å². The normalized spacial score (nSPS) is 10.7. The highest BCUT2D eigenvalue weighted by Gasteiger charge is 2.00. The summed E-state index contributed by atoms with van der Waals surface area (Å²) >= 11 is 5.53. The lowest BCUT2D eigenvalue weighted by Crippen LogP contribution is -2.24. The molecule has 0 bridgehead atoms. The van der Waals surface area contributed by atoms with E-state index in [1.807, 2.05) is 0 Å². The Bertz CT molecular complexity index is 160. The van der Waals surface area contributed by atoms with Crippen molar-refractivity contribution >= 4 is 17.5 Å². The van der Waals surface area contributed by atoms with Gasteiger partial charge in [-0.1, -0.05) is 26.7 Å². The molecule has 0 aromatic carbocycles. The van der Waals surface area contributed by atoms with Gasteiger partial charge in [0.2, 0.25) is 5.91 Å². The number of hydrogen-bond donors (Lipinski definition) is 1. The largest absolute Gasteiger partial charge is 0.356 e. The topological polar surface area (TPSA) is 29.1 Å². The van der Waals surface area contributed by atoms with Crippen LogP contribution in [0.4, 0.5) is 0 Å². The fraction of sp³-hybridized carbons (Fsp3) is 0.917. The maximum atomic E-state index is 11.3. The smallest absolute Gasteiger partial charge is 0.219 e. The molecule has 1 amide bonds. The molecule has 15 heavy (non-hydrogen) atoms. The van der Waals surface area contributed by atoms with Crippen molar-refractivity contribution in [2.45, 2.75) is 52.4 Å². The van der Waals surface area contributed by atoms with E-state index in [0.717, 1.165) is 31.7 Å². The van der Waals surface area contributed by atoms with Crippen molar-refractivity contribution in [1.82, 2.24) is 5.32 Å². The molecule has 0 aromatic rings. The van der Waals surface area contributed by atoms with Crippen LogP contribution in [0.15, 0.2) is 0 Å². The first kappa shape index (κ1) is 14.8. The molecule has 3 heteroatoms. The zero-order valence-electron chi connectivity index (χ0n) is 10.0. The molecular formula is C12H24ClNO. The average molecular weight is 234 g/mol. The average Bonchev–Trinajstić information content (AvgIpc) is 2.17. The molecule has 0 aliphatic rings. The van der Waals surface area contributed by atoms with Crippen LogP contribution in [0.5, 0.6) is 0 Å². The number of alkyl halides is 1. The van der Waals surface area contributed by atoms with Crippen LogP contribution in [0.1, 0.15) is 52.4 Å². The molecule has 0 saturated carbocycles. The zero-order chi connectivity index (χ0) is 11.5. The van der Waals surface area contributed by atoms with Gasteiger partial charge in [-0.3, -0.25) is 4.79 Å². The monoisotopic (exact) mass is 233 g/mol. The third-order valence-electron chi connectivity index (χ3n) is 2.32. The molecule has 0 radical (unpaired) electrons. The van der Waals surface area contributed by atoms with Crippen molar-refractivity contribution in [3.63, 3.8) is 0 Å². The highest BCUT2D eigenvalue weighted by molar-refractivity contribution is 6.17. The first-order chi connectivity index (χ1) is 7.16. The van der Waals surface area contributed by atoms with Crippen molar-refractivity contribution in [2.75, 3.05) is 12.4 Å². The highest BCUT2D eigenvalue weighted by atomic mass is 35.5. The van der Waals surface area contributed by atoms with Gasteiger partial charge in [-0.15, -0.1) is 11.6 Å². The minimum absolute atomic E-state index is 0.171. The molecule has 0 aromatic heterocycles. The van der Waals surface area contributed by atoms with Gasteiger partial charge in [0.15, 0.2) is 0 Å². The number of carbonyl (C=O) groups excluding carboxylic acids is 1. The van der Waals surface area contributed by atoms with E-state index in [1.165, 1.54) is 12.8 Å². The van der Waals surface area contributed by atoms with Crippen molar-refractivity contribution in [3.8, 4) is 0 Å². The fourth-order valence-electron chi connectivity index (χ4n) is 1.37. The Hall–Kier alpha value is -0.240. The maximum Gasteiger partial charge on any atom is 0.219 e. The van der Waals surface area contributed by atoms with Gasteiger partial charge in [-0.2, -0.15) is 0 Å². The second-order valence-corrected chi connectivity index (χ2v) is 4.76. The summed E-state index contributed by atoms with van der Waals surface area (Å²) in [5.74, 6) is 1.59. The summed E-state index contributed by atoms with van der Waals surface area (Å²) in [5.41, 5.74) is 0. The van der Waals surface area contributed by atoms with E-state index in [-0.39, 0.29) is 5.91 Å². The minimum Gasteiger partial charge on any atom is -0.356 e. The first-order valence-electron chi connectivity index (χ1n) is 5.99. The molecule has 0 saturated heterocycles. The molecule has 0 fully saturated rings. The lowest BCUT2D eigenvalue weighted by molar-refractivity contribution is -0.121. The van der Waals surface area contributed by atoms with Crippen LogP contribution in [0.25, 0.3) is 0 Å². The molecule has 0 rings (SSSR count). The van der Waals surface area contributed by atoms with Gasteiger partial charge in [0.25, 0.3) is 0 Å². The lowest BCUT2D eigenvalue weighted by atomic mass is 10.1. The van der Waals surface area contributed by atoms with E-state index < -0.39 is 0 Å². The highest BCUT2D eigenvalue weighted by Crippen LogP contribution is 2.05. The Labute approximate surface area is 98.8 Å². The number of nitrogens with one attached hydrogen (secondary N) is 1. The van der Waals surface area contributed by atoms with Crippen molar-refractivity contribution in [1.29, 1.82) is 0 Å². The van der Waals surface area contributed by atoms with Crippen LogP contribution in [0.2, 0.25) is 0 Å². The summed E-state index contributed by atoms with van der Waals surface area (Å²) < 4.78 is 0. The minimum atomic E-state index is 0.171. The maximum absolute atomic E-state index is 11.3. The third kappa shape index (κ3) is 11.7. The van der Waals surface area contributed by atoms with Crippen LogP contribution in [-0.2, 0) is 4.79 Å². The van der Waals surface area contributed by atoms with Gasteiger partial charge in [-0.25, -0.2) is 0 Å². The molecule has 0 atom stereocenters. The summed E-state index contributed by atoms with van der Waals surface area (Å²) in [6, 6.07) is 0. The quantitative estimate of drug-likeness (QED) is 0.480. The molecule has 2 nitrogen and oxygen atoms in total.